The summed E-state index contributed by atoms with van der Waals surface area (Å²) in [6.45, 7) is 2.98. The van der Waals surface area contributed by atoms with Gasteiger partial charge >= 0.3 is 6.18 Å². The van der Waals surface area contributed by atoms with Crippen molar-refractivity contribution in [1.82, 2.24) is 0 Å². The molecule has 0 heterocycles. The lowest BCUT2D eigenvalue weighted by Gasteiger charge is -2.16. The molecule has 0 aliphatic carbocycles. The van der Waals surface area contributed by atoms with E-state index in [-0.39, 0.29) is 11.6 Å². The van der Waals surface area contributed by atoms with Crippen LogP contribution in [0, 0.1) is 0 Å². The fourth-order valence-electron chi connectivity index (χ4n) is 2.19. The molecule has 0 bridgehead atoms. The molecule has 138 valence electrons. The maximum Gasteiger partial charge on any atom is 0.416 e. The summed E-state index contributed by atoms with van der Waals surface area (Å²) in [6, 6.07) is 10.5. The molecule has 5 nitrogen and oxygen atoms in total. The van der Waals surface area contributed by atoms with Crippen molar-refractivity contribution in [1.29, 1.82) is 0 Å². The van der Waals surface area contributed by atoms with E-state index in [2.05, 4.69) is 16.0 Å². The van der Waals surface area contributed by atoms with Gasteiger partial charge in [0, 0.05) is 24.0 Å². The van der Waals surface area contributed by atoms with E-state index in [0.29, 0.717) is 11.4 Å². The average Bonchev–Trinajstić information content (AvgIpc) is 2.55. The van der Waals surface area contributed by atoms with Gasteiger partial charge in [0.2, 0.25) is 11.8 Å². The first-order valence-electron chi connectivity index (χ1n) is 7.77. The van der Waals surface area contributed by atoms with Gasteiger partial charge in [0.1, 0.15) is 6.04 Å². The summed E-state index contributed by atoms with van der Waals surface area (Å²) < 4.78 is 38.1. The van der Waals surface area contributed by atoms with Crippen LogP contribution in [0.15, 0.2) is 48.5 Å². The summed E-state index contributed by atoms with van der Waals surface area (Å²) in [6.07, 6.45) is -4.47. The first-order chi connectivity index (χ1) is 12.1. The Morgan fingerprint density at radius 2 is 1.54 bits per heavy atom. The Bertz CT molecular complexity index is 789. The summed E-state index contributed by atoms with van der Waals surface area (Å²) in [5.41, 5.74) is 0.485. The van der Waals surface area contributed by atoms with Crippen LogP contribution in [0.1, 0.15) is 19.4 Å². The highest BCUT2D eigenvalue weighted by atomic mass is 19.4. The number of nitrogens with one attached hydrogen (secondary N) is 3. The number of hydrogen-bond donors (Lipinski definition) is 3. The first kappa shape index (κ1) is 19.3. The number of halogens is 3. The van der Waals surface area contributed by atoms with E-state index < -0.39 is 23.7 Å². The molecule has 0 radical (unpaired) electrons. The third kappa shape index (κ3) is 5.51. The van der Waals surface area contributed by atoms with Crippen LogP contribution in [0.25, 0.3) is 0 Å². The van der Waals surface area contributed by atoms with Crippen molar-refractivity contribution in [3.8, 4) is 0 Å². The van der Waals surface area contributed by atoms with Crippen LogP contribution in [0.5, 0.6) is 0 Å². The molecular formula is C18H18F3N3O2. The quantitative estimate of drug-likeness (QED) is 0.747. The second-order valence-corrected chi connectivity index (χ2v) is 5.69. The van der Waals surface area contributed by atoms with Gasteiger partial charge in [0.25, 0.3) is 0 Å². The number of amides is 2. The number of carbonyl (C=O) groups excluding carboxylic acids is 2. The highest BCUT2D eigenvalue weighted by molar-refractivity contribution is 5.96. The number of benzene rings is 2. The zero-order valence-electron chi connectivity index (χ0n) is 14.1. The van der Waals surface area contributed by atoms with Crippen molar-refractivity contribution < 1.29 is 22.8 Å². The lowest BCUT2D eigenvalue weighted by atomic mass is 10.2. The molecular weight excluding hydrogens is 347 g/mol. The fourth-order valence-corrected chi connectivity index (χ4v) is 2.19. The molecule has 0 saturated heterocycles. The molecule has 1 atom stereocenters. The van der Waals surface area contributed by atoms with Gasteiger partial charge in [-0.05, 0) is 49.4 Å². The van der Waals surface area contributed by atoms with E-state index in [1.807, 2.05) is 0 Å². The standard InChI is InChI=1S/C18H18F3N3O2/c1-11(22-14-6-8-15(9-7-14)23-12(2)25)17(26)24-16-5-3-4-13(10-16)18(19,20)21/h3-11,22H,1-2H3,(H,23,25)(H,24,26). The molecule has 0 aliphatic rings. The van der Waals surface area contributed by atoms with Crippen LogP contribution in [0.2, 0.25) is 0 Å². The van der Waals surface area contributed by atoms with E-state index in [1.165, 1.54) is 19.1 Å². The number of carbonyl (C=O) groups is 2. The SMILES string of the molecule is CC(=O)Nc1ccc(NC(C)C(=O)Nc2cccc(C(F)(F)F)c2)cc1. The smallest absolute Gasteiger partial charge is 0.374 e. The van der Waals surface area contributed by atoms with E-state index in [4.69, 9.17) is 0 Å². The van der Waals surface area contributed by atoms with Crippen LogP contribution < -0.4 is 16.0 Å². The molecule has 1 unspecified atom stereocenters. The number of rotatable bonds is 5. The Morgan fingerprint density at radius 1 is 0.923 bits per heavy atom. The van der Waals surface area contributed by atoms with Crippen LogP contribution >= 0.6 is 0 Å². The molecule has 0 saturated carbocycles. The second-order valence-electron chi connectivity index (χ2n) is 5.69. The zero-order valence-corrected chi connectivity index (χ0v) is 14.1. The van der Waals surface area contributed by atoms with E-state index in [9.17, 15) is 22.8 Å². The van der Waals surface area contributed by atoms with Crippen molar-refractivity contribution >= 4 is 28.9 Å². The highest BCUT2D eigenvalue weighted by Crippen LogP contribution is 2.30. The highest BCUT2D eigenvalue weighted by Gasteiger charge is 2.30. The van der Waals surface area contributed by atoms with Crippen LogP contribution in [0.3, 0.4) is 0 Å². The third-order valence-corrected chi connectivity index (χ3v) is 3.44. The minimum Gasteiger partial charge on any atom is -0.374 e. The lowest BCUT2D eigenvalue weighted by molar-refractivity contribution is -0.137. The Kier molecular flexibility index (Phi) is 5.86. The first-order valence-corrected chi connectivity index (χ1v) is 7.77. The van der Waals surface area contributed by atoms with Gasteiger partial charge in [-0.3, -0.25) is 9.59 Å². The van der Waals surface area contributed by atoms with Crippen molar-refractivity contribution in [2.24, 2.45) is 0 Å². The Balaban J connectivity index is 1.98. The molecule has 2 aromatic carbocycles. The van der Waals surface area contributed by atoms with Crippen LogP contribution in [-0.4, -0.2) is 17.9 Å². The van der Waals surface area contributed by atoms with Gasteiger partial charge in [0.15, 0.2) is 0 Å². The van der Waals surface area contributed by atoms with Crippen LogP contribution in [0.4, 0.5) is 30.2 Å². The molecule has 2 rings (SSSR count). The molecule has 0 aliphatic heterocycles. The molecule has 26 heavy (non-hydrogen) atoms. The van der Waals surface area contributed by atoms with Gasteiger partial charge in [0.05, 0.1) is 5.56 Å². The molecule has 2 aromatic rings. The molecule has 0 spiro atoms. The largest absolute Gasteiger partial charge is 0.416 e. The topological polar surface area (TPSA) is 70.2 Å². The third-order valence-electron chi connectivity index (χ3n) is 3.44. The zero-order chi connectivity index (χ0) is 19.3. The lowest BCUT2D eigenvalue weighted by Crippen LogP contribution is -2.31. The van der Waals surface area contributed by atoms with Crippen molar-refractivity contribution in [3.63, 3.8) is 0 Å². The Hall–Kier alpha value is -3.03. The van der Waals surface area contributed by atoms with Gasteiger partial charge in [-0.25, -0.2) is 0 Å². The normalized spacial score (nSPS) is 12.2. The molecule has 8 heteroatoms. The number of alkyl halides is 3. The van der Waals surface area contributed by atoms with Crippen molar-refractivity contribution in [2.75, 3.05) is 16.0 Å². The van der Waals surface area contributed by atoms with Crippen LogP contribution in [-0.2, 0) is 15.8 Å². The molecule has 2 amide bonds. The van der Waals surface area contributed by atoms with Gasteiger partial charge < -0.3 is 16.0 Å². The minimum absolute atomic E-state index is 0.0690. The number of hydrogen-bond acceptors (Lipinski definition) is 3. The van der Waals surface area contributed by atoms with E-state index in [1.54, 1.807) is 31.2 Å². The predicted octanol–water partition coefficient (Wildman–Crippen LogP) is 4.10. The van der Waals surface area contributed by atoms with E-state index >= 15 is 0 Å². The summed E-state index contributed by atoms with van der Waals surface area (Å²) in [4.78, 5) is 23.2. The van der Waals surface area contributed by atoms with Gasteiger partial charge in [-0.1, -0.05) is 6.07 Å². The summed E-state index contributed by atoms with van der Waals surface area (Å²) in [5, 5.41) is 8.01. The second kappa shape index (κ2) is 7.90. The fraction of sp³-hybridized carbons (Fsp3) is 0.222. The molecule has 0 fully saturated rings. The Labute approximate surface area is 148 Å². The maximum atomic E-state index is 12.7. The monoisotopic (exact) mass is 365 g/mol. The summed E-state index contributed by atoms with van der Waals surface area (Å²) >= 11 is 0. The van der Waals surface area contributed by atoms with Gasteiger partial charge in [-0.15, -0.1) is 0 Å². The van der Waals surface area contributed by atoms with Crippen molar-refractivity contribution in [3.05, 3.63) is 54.1 Å². The summed E-state index contributed by atoms with van der Waals surface area (Å²) in [7, 11) is 0. The maximum absolute atomic E-state index is 12.7. The number of anilines is 3. The molecule has 0 aromatic heterocycles. The molecule has 3 N–H and O–H groups in total. The van der Waals surface area contributed by atoms with Gasteiger partial charge in [-0.2, -0.15) is 13.2 Å². The minimum atomic E-state index is -4.47. The summed E-state index contributed by atoms with van der Waals surface area (Å²) in [5.74, 6) is -0.671. The van der Waals surface area contributed by atoms with E-state index in [0.717, 1.165) is 12.1 Å². The average molecular weight is 365 g/mol. The van der Waals surface area contributed by atoms with Crippen molar-refractivity contribution in [2.45, 2.75) is 26.1 Å². The predicted molar refractivity (Wildman–Crippen MR) is 93.9 cm³/mol. The Morgan fingerprint density at radius 3 is 2.12 bits per heavy atom.